The van der Waals surface area contributed by atoms with Gasteiger partial charge in [0, 0.05) is 34.1 Å². The Bertz CT molecular complexity index is 1440. The highest BCUT2D eigenvalue weighted by atomic mass is 16.5. The zero-order valence-corrected chi connectivity index (χ0v) is 20.1. The van der Waals surface area contributed by atoms with Crippen molar-refractivity contribution in [1.29, 1.82) is 0 Å². The monoisotopic (exact) mass is 458 g/mol. The number of aromatic nitrogens is 1. The molecule has 0 saturated carbocycles. The van der Waals surface area contributed by atoms with E-state index in [1.807, 2.05) is 64.2 Å². The highest BCUT2D eigenvalue weighted by molar-refractivity contribution is 5.88. The number of hydrogen-bond donors (Lipinski definition) is 2. The summed E-state index contributed by atoms with van der Waals surface area (Å²) in [7, 11) is 0. The second kappa shape index (κ2) is 9.59. The quantitative estimate of drug-likeness (QED) is 0.283. The normalized spacial score (nSPS) is 12.1. The zero-order chi connectivity index (χ0) is 24.4. The van der Waals surface area contributed by atoms with Gasteiger partial charge in [-0.25, -0.2) is 4.79 Å². The molecule has 6 heteroatoms. The predicted octanol–water partition coefficient (Wildman–Crippen LogP) is 5.14. The molecule has 0 aliphatic heterocycles. The summed E-state index contributed by atoms with van der Waals surface area (Å²) in [5.41, 5.74) is 4.98. The molecule has 0 bridgehead atoms. The van der Waals surface area contributed by atoms with E-state index in [2.05, 4.69) is 22.9 Å². The molecule has 0 aliphatic carbocycles. The van der Waals surface area contributed by atoms with Gasteiger partial charge in [0.05, 0.1) is 12.0 Å². The molecule has 1 amide bonds. The fraction of sp³-hybridized carbons (Fsp3) is 0.286. The lowest BCUT2D eigenvalue weighted by Crippen LogP contribution is -2.36. The molecule has 6 nitrogen and oxygen atoms in total. The molecule has 1 unspecified atom stereocenters. The van der Waals surface area contributed by atoms with Crippen molar-refractivity contribution in [2.45, 2.75) is 46.6 Å². The summed E-state index contributed by atoms with van der Waals surface area (Å²) in [4.78, 5) is 28.9. The van der Waals surface area contributed by atoms with E-state index in [1.165, 1.54) is 0 Å². The van der Waals surface area contributed by atoms with E-state index >= 15 is 0 Å². The van der Waals surface area contributed by atoms with E-state index in [1.54, 1.807) is 0 Å². The van der Waals surface area contributed by atoms with Crippen LogP contribution in [0.25, 0.3) is 21.9 Å². The lowest BCUT2D eigenvalue weighted by Gasteiger charge is -2.15. The number of benzene rings is 2. The van der Waals surface area contributed by atoms with Crippen molar-refractivity contribution in [3.63, 3.8) is 0 Å². The van der Waals surface area contributed by atoms with Crippen LogP contribution in [0.1, 0.15) is 36.1 Å². The number of nitrogens with one attached hydrogen (secondary N) is 2. The van der Waals surface area contributed by atoms with Gasteiger partial charge in [-0.05, 0) is 69.0 Å². The molecule has 0 fully saturated rings. The van der Waals surface area contributed by atoms with Gasteiger partial charge in [-0.2, -0.15) is 0 Å². The summed E-state index contributed by atoms with van der Waals surface area (Å²) in [6, 6.07) is 11.7. The van der Waals surface area contributed by atoms with Crippen molar-refractivity contribution < 1.29 is 13.9 Å². The number of H-pyrrole nitrogens is 1. The Balaban J connectivity index is 1.50. The van der Waals surface area contributed by atoms with Crippen LogP contribution >= 0.6 is 0 Å². The first-order valence-electron chi connectivity index (χ1n) is 11.4. The standard InChI is InChI=1S/C28H30N2O4/c1-16(2)15-33-25-11-10-21-18(4)23(28(32)34-27(21)19(25)5)13-26(31)30-17(3)12-20-14-29-24-9-7-6-8-22(20)24/h6-11,14,17,29H,1,12-13,15H2,2-5H3,(H,30,31). The van der Waals surface area contributed by atoms with Crippen LogP contribution in [0.4, 0.5) is 0 Å². The van der Waals surface area contributed by atoms with Gasteiger partial charge in [-0.3, -0.25) is 4.79 Å². The Morgan fingerprint density at radius 2 is 1.91 bits per heavy atom. The van der Waals surface area contributed by atoms with Gasteiger partial charge in [0.2, 0.25) is 5.91 Å². The minimum Gasteiger partial charge on any atom is -0.489 e. The largest absolute Gasteiger partial charge is 0.489 e. The van der Waals surface area contributed by atoms with Crippen LogP contribution < -0.4 is 15.7 Å². The summed E-state index contributed by atoms with van der Waals surface area (Å²) < 4.78 is 11.4. The first kappa shape index (κ1) is 23.4. The van der Waals surface area contributed by atoms with Gasteiger partial charge >= 0.3 is 5.63 Å². The van der Waals surface area contributed by atoms with Crippen LogP contribution in [0.15, 0.2) is 64.0 Å². The van der Waals surface area contributed by atoms with E-state index in [0.29, 0.717) is 29.9 Å². The van der Waals surface area contributed by atoms with Gasteiger partial charge in [0.15, 0.2) is 0 Å². The average molecular weight is 459 g/mol. The fourth-order valence-electron chi connectivity index (χ4n) is 4.30. The second-order valence-corrected chi connectivity index (χ2v) is 9.01. The first-order valence-corrected chi connectivity index (χ1v) is 11.4. The third-order valence-electron chi connectivity index (χ3n) is 6.07. The first-order chi connectivity index (χ1) is 16.2. The Labute approximate surface area is 198 Å². The van der Waals surface area contributed by atoms with Crippen molar-refractivity contribution in [1.82, 2.24) is 10.3 Å². The van der Waals surface area contributed by atoms with E-state index in [0.717, 1.165) is 38.6 Å². The molecule has 4 rings (SSSR count). The van der Waals surface area contributed by atoms with Crippen molar-refractivity contribution in [2.75, 3.05) is 6.61 Å². The number of fused-ring (bicyclic) bond motifs is 2. The van der Waals surface area contributed by atoms with Crippen molar-refractivity contribution in [2.24, 2.45) is 0 Å². The summed E-state index contributed by atoms with van der Waals surface area (Å²) in [6.45, 7) is 11.8. The Hall–Kier alpha value is -3.80. The van der Waals surface area contributed by atoms with Gasteiger partial charge in [-0.1, -0.05) is 24.8 Å². The lowest BCUT2D eigenvalue weighted by molar-refractivity contribution is -0.121. The molecule has 2 aromatic carbocycles. The maximum Gasteiger partial charge on any atom is 0.340 e. The van der Waals surface area contributed by atoms with Crippen LogP contribution in [-0.2, 0) is 17.6 Å². The van der Waals surface area contributed by atoms with Gasteiger partial charge < -0.3 is 19.5 Å². The SMILES string of the molecule is C=C(C)COc1ccc2c(C)c(CC(=O)NC(C)Cc3c[nH]c4ccccc34)c(=O)oc2c1C. The number of hydrogen-bond acceptors (Lipinski definition) is 4. The molecule has 0 saturated heterocycles. The maximum absolute atomic E-state index is 12.8. The Kier molecular flexibility index (Phi) is 6.59. The average Bonchev–Trinajstić information content (AvgIpc) is 3.19. The van der Waals surface area contributed by atoms with Crippen LogP contribution in [0.5, 0.6) is 5.75 Å². The number of aryl methyl sites for hydroxylation is 2. The van der Waals surface area contributed by atoms with E-state index in [4.69, 9.17) is 9.15 Å². The molecule has 1 atom stereocenters. The Morgan fingerprint density at radius 3 is 2.68 bits per heavy atom. The highest BCUT2D eigenvalue weighted by Gasteiger charge is 2.19. The number of ether oxygens (including phenoxy) is 1. The molecule has 176 valence electrons. The van der Waals surface area contributed by atoms with Crippen LogP contribution in [0.2, 0.25) is 0 Å². The zero-order valence-electron chi connectivity index (χ0n) is 20.1. The highest BCUT2D eigenvalue weighted by Crippen LogP contribution is 2.29. The molecular formula is C28H30N2O4. The molecular weight excluding hydrogens is 428 g/mol. The van der Waals surface area contributed by atoms with Crippen LogP contribution in [0.3, 0.4) is 0 Å². The number of carbonyl (C=O) groups excluding carboxylic acids is 1. The van der Waals surface area contributed by atoms with Crippen molar-refractivity contribution >= 4 is 27.8 Å². The molecule has 34 heavy (non-hydrogen) atoms. The summed E-state index contributed by atoms with van der Waals surface area (Å²) in [5, 5.41) is 4.97. The summed E-state index contributed by atoms with van der Waals surface area (Å²) >= 11 is 0. The molecule has 2 aromatic heterocycles. The number of carbonyl (C=O) groups is 1. The third kappa shape index (κ3) is 4.76. The van der Waals surface area contributed by atoms with Gasteiger partial charge in [0.1, 0.15) is 17.9 Å². The molecule has 0 aliphatic rings. The molecule has 4 aromatic rings. The van der Waals surface area contributed by atoms with Gasteiger partial charge in [0.25, 0.3) is 0 Å². The number of amides is 1. The Morgan fingerprint density at radius 1 is 1.15 bits per heavy atom. The molecule has 2 N–H and O–H groups in total. The van der Waals surface area contributed by atoms with Crippen molar-refractivity contribution in [3.8, 4) is 5.75 Å². The lowest BCUT2D eigenvalue weighted by atomic mass is 10.0. The van der Waals surface area contributed by atoms with Gasteiger partial charge in [-0.15, -0.1) is 0 Å². The molecule has 2 heterocycles. The third-order valence-corrected chi connectivity index (χ3v) is 6.07. The number of rotatable bonds is 8. The smallest absolute Gasteiger partial charge is 0.340 e. The number of aromatic amines is 1. The number of para-hydroxylation sites is 1. The molecule has 0 spiro atoms. The molecule has 0 radical (unpaired) electrons. The van der Waals surface area contributed by atoms with Crippen molar-refractivity contribution in [3.05, 3.63) is 87.4 Å². The maximum atomic E-state index is 12.8. The summed E-state index contributed by atoms with van der Waals surface area (Å²) in [5.74, 6) is 0.440. The van der Waals surface area contributed by atoms with Crippen LogP contribution in [-0.4, -0.2) is 23.5 Å². The van der Waals surface area contributed by atoms with E-state index in [9.17, 15) is 9.59 Å². The fourth-order valence-corrected chi connectivity index (χ4v) is 4.30. The topological polar surface area (TPSA) is 84.3 Å². The predicted molar refractivity (Wildman–Crippen MR) is 136 cm³/mol. The summed E-state index contributed by atoms with van der Waals surface area (Å²) in [6.07, 6.45) is 2.63. The minimum absolute atomic E-state index is 0.0325. The minimum atomic E-state index is -0.496. The second-order valence-electron chi connectivity index (χ2n) is 9.01. The van der Waals surface area contributed by atoms with E-state index < -0.39 is 5.63 Å². The van der Waals surface area contributed by atoms with Crippen LogP contribution in [0, 0.1) is 13.8 Å². The van der Waals surface area contributed by atoms with E-state index in [-0.39, 0.29) is 18.4 Å².